The number of carbonyl (C=O) groups is 2. The Morgan fingerprint density at radius 3 is 2.40 bits per heavy atom. The Hall–Kier alpha value is -0.910. The Morgan fingerprint density at radius 2 is 1.81 bits per heavy atom. The minimum Gasteiger partial charge on any atom is -0.387 e. The first-order valence-electron chi connectivity index (χ1n) is 13.9. The Balaban J connectivity index is 2.20. The summed E-state index contributed by atoms with van der Waals surface area (Å²) in [6, 6.07) is 1.09. The quantitative estimate of drug-likeness (QED) is 0.0835. The van der Waals surface area contributed by atoms with Gasteiger partial charge in [-0.1, -0.05) is 53.3 Å². The molecule has 1 aromatic rings. The molecule has 1 aliphatic rings. The third-order valence-corrected chi connectivity index (χ3v) is 8.35. The van der Waals surface area contributed by atoms with Gasteiger partial charge in [-0.3, -0.25) is 41.7 Å². The predicted molar refractivity (Wildman–Crippen MR) is 161 cm³/mol. The Bertz CT molecular complexity index is 1290. The van der Waals surface area contributed by atoms with Crippen molar-refractivity contribution < 1.29 is 49.6 Å². The first-order valence-corrected chi connectivity index (χ1v) is 16.5. The van der Waals surface area contributed by atoms with Crippen LogP contribution in [-0.4, -0.2) is 73.5 Å². The molecule has 17 heteroatoms. The maximum absolute atomic E-state index is 13.6. The molecule has 3 N–H and O–H groups in total. The summed E-state index contributed by atoms with van der Waals surface area (Å²) in [5.41, 5.74) is -3.26. The summed E-state index contributed by atoms with van der Waals surface area (Å²) < 4.78 is 57.8. The van der Waals surface area contributed by atoms with Crippen LogP contribution >= 0.6 is 43.8 Å². The maximum atomic E-state index is 13.6. The van der Waals surface area contributed by atoms with E-state index in [0.717, 1.165) is 29.3 Å². The lowest BCUT2D eigenvalue weighted by Crippen LogP contribution is -2.44. The molecule has 13 nitrogen and oxygen atoms in total. The van der Waals surface area contributed by atoms with Crippen molar-refractivity contribution in [3.05, 3.63) is 27.4 Å². The van der Waals surface area contributed by atoms with E-state index in [0.29, 0.717) is 12.0 Å². The molecule has 42 heavy (non-hydrogen) atoms. The SMILES string of the molecule is [2H]C([2H])(OP(=O)(OCCSC(=O)CC(C)(C)C)OCOSC(=O)CC(C)(C)C)[C@H]1O[C@@H](n2ccc(=O)[nH]c2=S)C(C)(O)[C@H]1O. The van der Waals surface area contributed by atoms with Gasteiger partial charge in [0.25, 0.3) is 5.56 Å². The van der Waals surface area contributed by atoms with E-state index in [1.807, 2.05) is 41.5 Å². The van der Waals surface area contributed by atoms with E-state index >= 15 is 0 Å². The second-order valence-electron chi connectivity index (χ2n) is 12.1. The van der Waals surface area contributed by atoms with E-state index in [1.165, 1.54) is 6.20 Å². The van der Waals surface area contributed by atoms with E-state index < -0.39 is 50.8 Å². The number of hydrogen-bond donors (Lipinski definition) is 3. The summed E-state index contributed by atoms with van der Waals surface area (Å²) in [6.45, 7) is 8.12. The number of carbonyl (C=O) groups excluding carboxylic acids is 2. The van der Waals surface area contributed by atoms with Crippen LogP contribution in [0.4, 0.5) is 0 Å². The lowest BCUT2D eigenvalue weighted by molar-refractivity contribution is -0.113. The fourth-order valence-corrected chi connectivity index (χ4v) is 6.50. The van der Waals surface area contributed by atoms with Gasteiger partial charge in [-0.2, -0.15) is 0 Å². The van der Waals surface area contributed by atoms with Gasteiger partial charge in [0.2, 0.25) is 5.12 Å². The van der Waals surface area contributed by atoms with Crippen LogP contribution in [-0.2, 0) is 36.6 Å². The molecule has 0 spiro atoms. The van der Waals surface area contributed by atoms with E-state index in [2.05, 4.69) is 4.98 Å². The second kappa shape index (κ2) is 15.4. The van der Waals surface area contributed by atoms with Gasteiger partial charge in [-0.25, -0.2) is 4.57 Å². The summed E-state index contributed by atoms with van der Waals surface area (Å²) in [7, 11) is -4.87. The molecule has 0 radical (unpaired) electrons. The van der Waals surface area contributed by atoms with Crippen molar-refractivity contribution >= 4 is 54.1 Å². The normalized spacial score (nSPS) is 25.5. The van der Waals surface area contributed by atoms with Gasteiger partial charge in [0.15, 0.2) is 22.9 Å². The van der Waals surface area contributed by atoms with Crippen LogP contribution in [0.25, 0.3) is 0 Å². The van der Waals surface area contributed by atoms with Crippen molar-refractivity contribution in [2.24, 2.45) is 10.8 Å². The molecule has 1 aromatic heterocycles. The Kier molecular flexibility index (Phi) is 12.4. The molecule has 2 heterocycles. The van der Waals surface area contributed by atoms with Crippen LogP contribution in [0.3, 0.4) is 0 Å². The standard InChI is InChI=1S/C25H41N2O11PS3/c1-23(2,3)12-18(29)41-11-10-34-39(33,36-15-37-42-19(30)13-24(4,5)6)35-14-16-20(31)25(7,32)21(38-16)27-9-8-17(28)26-22(27)40/h8-9,16,20-21,31-32H,10-15H2,1-7H3,(H,26,28,40)/t16-,20+,21-,25?,39?/m1/s1/i14D2. The van der Waals surface area contributed by atoms with Crippen LogP contribution < -0.4 is 5.56 Å². The number of phosphoric ester groups is 1. The molecule has 0 bridgehead atoms. The predicted octanol–water partition coefficient (Wildman–Crippen LogP) is 4.35. The van der Waals surface area contributed by atoms with Crippen LogP contribution in [0.15, 0.2) is 17.1 Å². The van der Waals surface area contributed by atoms with Crippen molar-refractivity contribution in [1.82, 2.24) is 9.55 Å². The average molecular weight is 675 g/mol. The number of H-pyrrole nitrogens is 1. The number of aromatic nitrogens is 2. The van der Waals surface area contributed by atoms with Crippen LogP contribution in [0.2, 0.25) is 0 Å². The zero-order valence-electron chi connectivity index (χ0n) is 26.6. The summed E-state index contributed by atoms with van der Waals surface area (Å²) >= 11 is 6.48. The van der Waals surface area contributed by atoms with Gasteiger partial charge in [0.05, 0.1) is 28.0 Å². The number of nitrogens with one attached hydrogen (secondary N) is 1. The van der Waals surface area contributed by atoms with E-state index in [9.17, 15) is 29.2 Å². The minimum absolute atomic E-state index is 0.0259. The highest BCUT2D eigenvalue weighted by atomic mass is 32.2. The number of aromatic amines is 1. The molecule has 5 atom stereocenters. The summed E-state index contributed by atoms with van der Waals surface area (Å²) in [4.78, 5) is 38.2. The number of nitrogens with zero attached hydrogens (tertiary/aromatic N) is 1. The topological polar surface area (TPSA) is 176 Å². The largest absolute Gasteiger partial charge is 0.477 e. The molecule has 1 saturated heterocycles. The van der Waals surface area contributed by atoms with Gasteiger partial charge >= 0.3 is 7.82 Å². The third-order valence-electron chi connectivity index (χ3n) is 5.40. The van der Waals surface area contributed by atoms with Gasteiger partial charge in [-0.05, 0) is 30.0 Å². The molecule has 0 aliphatic carbocycles. The number of aliphatic hydroxyl groups is 2. The Morgan fingerprint density at radius 1 is 1.19 bits per heavy atom. The molecule has 0 saturated carbocycles. The second-order valence-corrected chi connectivity index (χ2v) is 16.1. The molecule has 240 valence electrons. The summed E-state index contributed by atoms with van der Waals surface area (Å²) in [5.74, 6) is 0.0259. The van der Waals surface area contributed by atoms with Crippen molar-refractivity contribution in [2.45, 2.75) is 85.3 Å². The highest BCUT2D eigenvalue weighted by molar-refractivity contribution is 8.13. The number of hydrogen-bond acceptors (Lipinski definition) is 14. The van der Waals surface area contributed by atoms with E-state index in [4.69, 9.17) is 37.5 Å². The molecule has 1 fully saturated rings. The smallest absolute Gasteiger partial charge is 0.387 e. The fraction of sp³-hybridized carbons (Fsp3) is 0.760. The lowest BCUT2D eigenvalue weighted by Gasteiger charge is -2.28. The molecule has 0 aromatic carbocycles. The van der Waals surface area contributed by atoms with Gasteiger partial charge in [0, 0.05) is 30.9 Å². The van der Waals surface area contributed by atoms with Gasteiger partial charge < -0.3 is 14.9 Å². The monoisotopic (exact) mass is 674 g/mol. The number of thioether (sulfide) groups is 1. The van der Waals surface area contributed by atoms with Crippen molar-refractivity contribution in [3.8, 4) is 0 Å². The number of rotatable bonds is 14. The molecular weight excluding hydrogens is 631 g/mol. The van der Waals surface area contributed by atoms with Crippen LogP contribution in [0, 0.1) is 15.6 Å². The maximum Gasteiger partial charge on any atom is 0.477 e. The summed E-state index contributed by atoms with van der Waals surface area (Å²) in [6.07, 6.45) is -3.79. The zero-order valence-corrected chi connectivity index (χ0v) is 28.0. The highest BCUT2D eigenvalue weighted by Gasteiger charge is 2.53. The van der Waals surface area contributed by atoms with Crippen molar-refractivity contribution in [3.63, 3.8) is 0 Å². The van der Waals surface area contributed by atoms with E-state index in [1.54, 1.807) is 0 Å². The van der Waals surface area contributed by atoms with Gasteiger partial charge in [-0.15, -0.1) is 0 Å². The molecule has 0 amide bonds. The lowest BCUT2D eigenvalue weighted by atomic mass is 9.93. The van der Waals surface area contributed by atoms with Crippen molar-refractivity contribution in [1.29, 1.82) is 0 Å². The highest BCUT2D eigenvalue weighted by Crippen LogP contribution is 2.51. The number of phosphoric acid groups is 1. The first-order chi connectivity index (χ1) is 20.0. The number of ether oxygens (including phenoxy) is 1. The zero-order chi connectivity index (χ0) is 33.7. The minimum atomic E-state index is -4.87. The van der Waals surface area contributed by atoms with Crippen molar-refractivity contribution in [2.75, 3.05) is 25.7 Å². The van der Waals surface area contributed by atoms with Gasteiger partial charge in [0.1, 0.15) is 17.8 Å². The number of aliphatic hydroxyl groups excluding tert-OH is 1. The van der Waals surface area contributed by atoms with Crippen LogP contribution in [0.1, 0.15) is 70.3 Å². The molecular formula is C25H41N2O11PS3. The first kappa shape index (κ1) is 34.0. The summed E-state index contributed by atoms with van der Waals surface area (Å²) in [5, 5.41) is 21.4. The fourth-order valence-electron chi connectivity index (χ4n) is 3.49. The van der Waals surface area contributed by atoms with E-state index in [-0.39, 0.29) is 51.0 Å². The third kappa shape index (κ3) is 12.2. The Labute approximate surface area is 262 Å². The average Bonchev–Trinajstić information content (AvgIpc) is 3.07. The molecule has 1 aliphatic heterocycles. The molecule has 2 unspecified atom stereocenters. The van der Waals surface area contributed by atoms with Crippen LogP contribution in [0.5, 0.6) is 0 Å². The molecule has 2 rings (SSSR count).